The summed E-state index contributed by atoms with van der Waals surface area (Å²) >= 11 is 1.47. The fourth-order valence-electron chi connectivity index (χ4n) is 2.55. The van der Waals surface area contributed by atoms with Gasteiger partial charge in [0.2, 0.25) is 0 Å². The molecule has 6 heteroatoms. The van der Waals surface area contributed by atoms with Gasteiger partial charge in [-0.2, -0.15) is 0 Å². The van der Waals surface area contributed by atoms with Gasteiger partial charge < -0.3 is 10.1 Å². The Morgan fingerprint density at radius 2 is 2.10 bits per heavy atom. The molecule has 1 aliphatic carbocycles. The van der Waals surface area contributed by atoms with Crippen LogP contribution in [0.1, 0.15) is 55.8 Å². The van der Waals surface area contributed by atoms with E-state index in [-0.39, 0.29) is 5.97 Å². The van der Waals surface area contributed by atoms with Crippen molar-refractivity contribution in [2.45, 2.75) is 56.6 Å². The molecule has 0 atom stereocenters. The molecule has 1 N–H and O–H groups in total. The van der Waals surface area contributed by atoms with Crippen LogP contribution >= 0.6 is 11.8 Å². The van der Waals surface area contributed by atoms with Gasteiger partial charge in [0.05, 0.1) is 6.61 Å². The van der Waals surface area contributed by atoms with E-state index in [2.05, 4.69) is 15.3 Å². The highest BCUT2D eigenvalue weighted by Crippen LogP contribution is 2.23. The molecule has 1 heterocycles. The van der Waals surface area contributed by atoms with E-state index in [1.54, 1.807) is 13.1 Å². The van der Waals surface area contributed by atoms with Crippen LogP contribution in [0.25, 0.3) is 0 Å². The number of thioether (sulfide) groups is 1. The zero-order valence-corrected chi connectivity index (χ0v) is 13.5. The van der Waals surface area contributed by atoms with E-state index in [0.717, 1.165) is 12.8 Å². The molecule has 1 aliphatic rings. The minimum Gasteiger partial charge on any atom is -0.462 e. The lowest BCUT2D eigenvalue weighted by Gasteiger charge is -2.18. The highest BCUT2D eigenvalue weighted by Gasteiger charge is 2.19. The fourth-order valence-corrected chi connectivity index (χ4v) is 2.89. The second-order valence-electron chi connectivity index (χ2n) is 5.17. The Hall–Kier alpha value is -1.30. The number of esters is 1. The first kappa shape index (κ1) is 16.1. The van der Waals surface area contributed by atoms with Gasteiger partial charge in [0, 0.05) is 12.2 Å². The van der Waals surface area contributed by atoms with Crippen molar-refractivity contribution >= 4 is 23.5 Å². The maximum atomic E-state index is 12.0. The molecule has 0 bridgehead atoms. The maximum absolute atomic E-state index is 12.0. The number of hydrogen-bond donors (Lipinski definition) is 1. The van der Waals surface area contributed by atoms with E-state index in [9.17, 15) is 4.79 Å². The number of rotatable bonds is 5. The molecule has 1 fully saturated rings. The van der Waals surface area contributed by atoms with Gasteiger partial charge in [-0.05, 0) is 26.0 Å². The van der Waals surface area contributed by atoms with Gasteiger partial charge in [0.1, 0.15) is 11.4 Å². The lowest BCUT2D eigenvalue weighted by atomic mass is 10.1. The van der Waals surface area contributed by atoms with Crippen LogP contribution in [0.2, 0.25) is 0 Å². The number of carbonyl (C=O) groups excluding carboxylic acids is 1. The van der Waals surface area contributed by atoms with Gasteiger partial charge in [0.25, 0.3) is 0 Å². The molecular weight excluding hydrogens is 286 g/mol. The Balaban J connectivity index is 2.19. The van der Waals surface area contributed by atoms with Crippen molar-refractivity contribution in [3.8, 4) is 0 Å². The summed E-state index contributed by atoms with van der Waals surface area (Å²) in [4.78, 5) is 20.7. The molecule has 1 aromatic heterocycles. The smallest absolute Gasteiger partial charge is 0.343 e. The average molecular weight is 309 g/mol. The van der Waals surface area contributed by atoms with E-state index < -0.39 is 0 Å². The monoisotopic (exact) mass is 309 g/mol. The minimum atomic E-state index is -0.360. The molecule has 2 rings (SSSR count). The van der Waals surface area contributed by atoms with Gasteiger partial charge in [-0.15, -0.1) is 0 Å². The van der Waals surface area contributed by atoms with Gasteiger partial charge >= 0.3 is 5.97 Å². The zero-order chi connectivity index (χ0) is 15.1. The summed E-state index contributed by atoms with van der Waals surface area (Å²) in [5.41, 5.74) is 0.430. The van der Waals surface area contributed by atoms with Crippen LogP contribution in [0, 0.1) is 0 Å². The topological polar surface area (TPSA) is 64.1 Å². The summed E-state index contributed by atoms with van der Waals surface area (Å²) in [5, 5.41) is 4.10. The molecule has 1 aromatic rings. The van der Waals surface area contributed by atoms with Gasteiger partial charge in [0.15, 0.2) is 5.16 Å². The third-order valence-corrected chi connectivity index (χ3v) is 4.20. The molecule has 116 valence electrons. The number of hydrogen-bond acceptors (Lipinski definition) is 6. The normalized spacial score (nSPS) is 16.3. The Morgan fingerprint density at radius 1 is 1.38 bits per heavy atom. The van der Waals surface area contributed by atoms with Gasteiger partial charge in [-0.25, -0.2) is 14.8 Å². The van der Waals surface area contributed by atoms with Crippen molar-refractivity contribution in [3.05, 3.63) is 11.8 Å². The van der Waals surface area contributed by atoms with Gasteiger partial charge in [-0.1, -0.05) is 37.4 Å². The third kappa shape index (κ3) is 4.59. The number of aromatic nitrogens is 2. The molecule has 0 unspecified atom stereocenters. The van der Waals surface area contributed by atoms with E-state index >= 15 is 0 Å². The lowest BCUT2D eigenvalue weighted by Crippen LogP contribution is -2.22. The second-order valence-corrected chi connectivity index (χ2v) is 5.95. The summed E-state index contributed by atoms with van der Waals surface area (Å²) in [6.07, 6.45) is 10.8. The highest BCUT2D eigenvalue weighted by molar-refractivity contribution is 7.98. The summed E-state index contributed by atoms with van der Waals surface area (Å²) < 4.78 is 5.09. The van der Waals surface area contributed by atoms with Crippen LogP contribution in [0.4, 0.5) is 5.82 Å². The second kappa shape index (κ2) is 8.22. The molecule has 1 saturated carbocycles. The summed E-state index contributed by atoms with van der Waals surface area (Å²) in [7, 11) is 0. The number of carbonyl (C=O) groups is 1. The number of ether oxygens (including phenoxy) is 1. The van der Waals surface area contributed by atoms with Crippen molar-refractivity contribution in [1.82, 2.24) is 9.97 Å². The van der Waals surface area contributed by atoms with Crippen LogP contribution in [-0.2, 0) is 4.74 Å². The highest BCUT2D eigenvalue weighted by atomic mass is 32.2. The van der Waals surface area contributed by atoms with Crippen LogP contribution < -0.4 is 5.32 Å². The zero-order valence-electron chi connectivity index (χ0n) is 12.7. The average Bonchev–Trinajstić information content (AvgIpc) is 2.76. The molecule has 0 spiro atoms. The Bertz CT molecular complexity index is 474. The summed E-state index contributed by atoms with van der Waals surface area (Å²) in [6.45, 7) is 2.15. The van der Waals surface area contributed by atoms with Crippen LogP contribution in [-0.4, -0.2) is 34.8 Å². The van der Waals surface area contributed by atoms with Crippen molar-refractivity contribution < 1.29 is 9.53 Å². The van der Waals surface area contributed by atoms with Crippen molar-refractivity contribution in [1.29, 1.82) is 0 Å². The molecule has 0 aromatic carbocycles. The standard InChI is InChI=1S/C15H23N3O2S/c1-3-20-14(19)12-10-16-15(21-2)18-13(12)17-11-8-6-4-5-7-9-11/h10-11H,3-9H2,1-2H3,(H,16,17,18). The van der Waals surface area contributed by atoms with Gasteiger partial charge in [-0.3, -0.25) is 0 Å². The first-order chi connectivity index (χ1) is 10.2. The number of nitrogens with one attached hydrogen (secondary N) is 1. The minimum absolute atomic E-state index is 0.353. The molecule has 0 aliphatic heterocycles. The molecule has 0 saturated heterocycles. The van der Waals surface area contributed by atoms with Crippen LogP contribution in [0.3, 0.4) is 0 Å². The first-order valence-corrected chi connectivity index (χ1v) is 8.81. The van der Waals surface area contributed by atoms with Crippen molar-refractivity contribution in [3.63, 3.8) is 0 Å². The number of anilines is 1. The lowest BCUT2D eigenvalue weighted by molar-refractivity contribution is 0.0526. The summed E-state index contributed by atoms with van der Waals surface area (Å²) in [6, 6.07) is 0.380. The van der Waals surface area contributed by atoms with Crippen LogP contribution in [0.15, 0.2) is 11.4 Å². The Labute approximate surface area is 130 Å². The van der Waals surface area contributed by atoms with Crippen LogP contribution in [0.5, 0.6) is 0 Å². The molecule has 0 amide bonds. The predicted molar refractivity (Wildman–Crippen MR) is 84.9 cm³/mol. The number of nitrogens with zero attached hydrogens (tertiary/aromatic N) is 2. The molecule has 0 radical (unpaired) electrons. The predicted octanol–water partition coefficient (Wildman–Crippen LogP) is 3.51. The van der Waals surface area contributed by atoms with E-state index in [0.29, 0.717) is 29.2 Å². The van der Waals surface area contributed by atoms with E-state index in [1.165, 1.54) is 37.4 Å². The SMILES string of the molecule is CCOC(=O)c1cnc(SC)nc1NC1CCCCCC1. The largest absolute Gasteiger partial charge is 0.462 e. The quantitative estimate of drug-likeness (QED) is 0.389. The Kier molecular flexibility index (Phi) is 6.29. The first-order valence-electron chi connectivity index (χ1n) is 7.59. The Morgan fingerprint density at radius 3 is 2.71 bits per heavy atom. The van der Waals surface area contributed by atoms with Crippen molar-refractivity contribution in [2.75, 3.05) is 18.2 Å². The fraction of sp³-hybridized carbons (Fsp3) is 0.667. The molecule has 21 heavy (non-hydrogen) atoms. The third-order valence-electron chi connectivity index (χ3n) is 3.64. The maximum Gasteiger partial charge on any atom is 0.343 e. The van der Waals surface area contributed by atoms with Crippen molar-refractivity contribution in [2.24, 2.45) is 0 Å². The summed E-state index contributed by atoms with van der Waals surface area (Å²) in [5.74, 6) is 0.251. The van der Waals surface area contributed by atoms with E-state index in [4.69, 9.17) is 4.74 Å². The van der Waals surface area contributed by atoms with E-state index in [1.807, 2.05) is 6.26 Å². The molecule has 5 nitrogen and oxygen atoms in total. The molecular formula is C15H23N3O2S.